The molecule has 5 nitrogen and oxygen atoms in total. The highest BCUT2D eigenvalue weighted by Gasteiger charge is 2.26. The summed E-state index contributed by atoms with van der Waals surface area (Å²) in [6.07, 6.45) is 0. The van der Waals surface area contributed by atoms with E-state index in [-0.39, 0.29) is 5.37 Å². The maximum atomic E-state index is 8.30. The number of aryl methyl sites for hydroxylation is 1. The molecule has 78 valence electrons. The molecule has 0 amide bonds. The molecule has 0 bridgehead atoms. The molecule has 15 heavy (non-hydrogen) atoms. The van der Waals surface area contributed by atoms with Crippen molar-refractivity contribution in [1.29, 1.82) is 0 Å². The number of rotatable bonds is 2. The SMILES string of the molecule is Cc1ccc(C2NCN(N=[N+]=[N-])S2)cc1. The van der Waals surface area contributed by atoms with Crippen LogP contribution in [0, 0.1) is 6.92 Å². The molecule has 1 aromatic rings. The minimum atomic E-state index is 0.177. The lowest BCUT2D eigenvalue weighted by molar-refractivity contribution is 0.480. The van der Waals surface area contributed by atoms with Gasteiger partial charge in [-0.2, -0.15) is 9.33 Å². The van der Waals surface area contributed by atoms with Gasteiger partial charge in [-0.3, -0.25) is 5.32 Å². The predicted octanol–water partition coefficient (Wildman–Crippen LogP) is 2.73. The van der Waals surface area contributed by atoms with E-state index >= 15 is 0 Å². The molecular weight excluding hydrogens is 210 g/mol. The Morgan fingerprint density at radius 3 is 2.93 bits per heavy atom. The van der Waals surface area contributed by atoms with Crippen LogP contribution in [0.3, 0.4) is 0 Å². The van der Waals surface area contributed by atoms with Crippen LogP contribution >= 0.6 is 11.9 Å². The van der Waals surface area contributed by atoms with Crippen molar-refractivity contribution in [3.63, 3.8) is 0 Å². The molecule has 1 N–H and O–H groups in total. The zero-order chi connectivity index (χ0) is 10.7. The van der Waals surface area contributed by atoms with E-state index in [0.717, 1.165) is 0 Å². The molecule has 1 aromatic carbocycles. The fourth-order valence-corrected chi connectivity index (χ4v) is 2.27. The van der Waals surface area contributed by atoms with Crippen molar-refractivity contribution < 1.29 is 0 Å². The quantitative estimate of drug-likeness (QED) is 0.361. The highest BCUT2D eigenvalue weighted by Crippen LogP contribution is 2.33. The third kappa shape index (κ3) is 2.36. The predicted molar refractivity (Wildman–Crippen MR) is 60.5 cm³/mol. The Morgan fingerprint density at radius 2 is 2.27 bits per heavy atom. The van der Waals surface area contributed by atoms with E-state index in [0.29, 0.717) is 6.67 Å². The number of hydrogen-bond acceptors (Lipinski definition) is 3. The summed E-state index contributed by atoms with van der Waals surface area (Å²) in [4.78, 5) is 2.75. The van der Waals surface area contributed by atoms with Gasteiger partial charge in [-0.05, 0) is 17.7 Å². The maximum Gasteiger partial charge on any atom is 0.154 e. The zero-order valence-electron chi connectivity index (χ0n) is 8.29. The molecule has 1 aliphatic heterocycles. The average Bonchev–Trinajstić information content (AvgIpc) is 2.68. The topological polar surface area (TPSA) is 64.0 Å². The second kappa shape index (κ2) is 4.44. The van der Waals surface area contributed by atoms with Crippen molar-refractivity contribution in [1.82, 2.24) is 9.73 Å². The van der Waals surface area contributed by atoms with Crippen LogP contribution in [0.25, 0.3) is 10.4 Å². The van der Waals surface area contributed by atoms with Crippen LogP contribution in [0.15, 0.2) is 29.5 Å². The van der Waals surface area contributed by atoms with Gasteiger partial charge in [-0.15, -0.1) is 5.53 Å². The average molecular weight is 221 g/mol. The molecule has 1 unspecified atom stereocenters. The fourth-order valence-electron chi connectivity index (χ4n) is 1.37. The Labute approximate surface area is 92.2 Å². The van der Waals surface area contributed by atoms with Gasteiger partial charge in [0, 0.05) is 0 Å². The Hall–Kier alpha value is -1.36. The summed E-state index contributed by atoms with van der Waals surface area (Å²) < 4.78 is 1.60. The minimum Gasteiger partial charge on any atom is -0.261 e. The maximum absolute atomic E-state index is 8.30. The molecule has 1 heterocycles. The van der Waals surface area contributed by atoms with Gasteiger partial charge >= 0.3 is 0 Å². The molecule has 2 rings (SSSR count). The van der Waals surface area contributed by atoms with Gasteiger partial charge in [0.25, 0.3) is 0 Å². The van der Waals surface area contributed by atoms with Crippen LogP contribution < -0.4 is 5.32 Å². The van der Waals surface area contributed by atoms with E-state index in [2.05, 4.69) is 46.6 Å². The van der Waals surface area contributed by atoms with Gasteiger partial charge in [0.15, 0.2) is 6.67 Å². The number of nitrogens with zero attached hydrogens (tertiary/aromatic N) is 4. The summed E-state index contributed by atoms with van der Waals surface area (Å²) in [5.41, 5.74) is 10.7. The third-order valence-electron chi connectivity index (χ3n) is 2.16. The Balaban J connectivity index is 2.07. The summed E-state index contributed by atoms with van der Waals surface area (Å²) in [5.74, 6) is 0. The van der Waals surface area contributed by atoms with E-state index in [4.69, 9.17) is 5.53 Å². The molecule has 1 aliphatic rings. The highest BCUT2D eigenvalue weighted by molar-refractivity contribution is 7.97. The van der Waals surface area contributed by atoms with Gasteiger partial charge in [0.1, 0.15) is 5.37 Å². The molecule has 0 saturated carbocycles. The molecular formula is C9H11N5S. The summed E-state index contributed by atoms with van der Waals surface area (Å²) in [5, 5.41) is 6.96. The van der Waals surface area contributed by atoms with E-state index in [1.165, 1.54) is 23.1 Å². The Kier molecular flexibility index (Phi) is 3.01. The van der Waals surface area contributed by atoms with Crippen LogP contribution in [-0.2, 0) is 0 Å². The standard InChI is InChI=1S/C9H11N5S/c1-7-2-4-8(5-3-7)9-11-6-14(15-9)13-12-10/h2-5,9,11H,6H2,1H3. The molecule has 1 fully saturated rings. The molecule has 0 aliphatic carbocycles. The third-order valence-corrected chi connectivity index (χ3v) is 3.25. The number of hydrogen-bond donors (Lipinski definition) is 1. The number of azide groups is 1. The highest BCUT2D eigenvalue weighted by atomic mass is 32.2. The Bertz CT molecular complexity index is 384. The smallest absolute Gasteiger partial charge is 0.154 e. The van der Waals surface area contributed by atoms with Crippen molar-refractivity contribution in [3.05, 3.63) is 45.8 Å². The monoisotopic (exact) mass is 221 g/mol. The van der Waals surface area contributed by atoms with Crippen LogP contribution in [0.2, 0.25) is 0 Å². The first-order valence-corrected chi connectivity index (χ1v) is 5.42. The molecule has 0 spiro atoms. The van der Waals surface area contributed by atoms with Crippen molar-refractivity contribution in [2.75, 3.05) is 6.67 Å². The van der Waals surface area contributed by atoms with Crippen molar-refractivity contribution >= 4 is 11.9 Å². The fraction of sp³-hybridized carbons (Fsp3) is 0.333. The van der Waals surface area contributed by atoms with Crippen LogP contribution in [0.5, 0.6) is 0 Å². The number of nitrogens with one attached hydrogen (secondary N) is 1. The van der Waals surface area contributed by atoms with Gasteiger partial charge in [0.2, 0.25) is 0 Å². The summed E-state index contributed by atoms with van der Waals surface area (Å²) >= 11 is 1.50. The normalized spacial score (nSPS) is 20.1. The lowest BCUT2D eigenvalue weighted by atomic mass is 10.1. The summed E-state index contributed by atoms with van der Waals surface area (Å²) in [7, 11) is 0. The summed E-state index contributed by atoms with van der Waals surface area (Å²) in [6, 6.07) is 8.32. The lowest BCUT2D eigenvalue weighted by Crippen LogP contribution is -2.15. The van der Waals surface area contributed by atoms with E-state index in [9.17, 15) is 0 Å². The van der Waals surface area contributed by atoms with Crippen LogP contribution in [0.1, 0.15) is 16.5 Å². The van der Waals surface area contributed by atoms with Crippen molar-refractivity contribution in [2.45, 2.75) is 12.3 Å². The van der Waals surface area contributed by atoms with Gasteiger partial charge in [-0.1, -0.05) is 29.8 Å². The molecule has 1 atom stereocenters. The lowest BCUT2D eigenvalue weighted by Gasteiger charge is -2.06. The van der Waals surface area contributed by atoms with Crippen molar-refractivity contribution in [2.24, 2.45) is 5.22 Å². The second-order valence-electron chi connectivity index (χ2n) is 3.29. The van der Waals surface area contributed by atoms with Crippen molar-refractivity contribution in [3.8, 4) is 0 Å². The zero-order valence-corrected chi connectivity index (χ0v) is 9.11. The first-order chi connectivity index (χ1) is 7.29. The minimum absolute atomic E-state index is 0.177. The Morgan fingerprint density at radius 1 is 1.53 bits per heavy atom. The molecule has 6 heteroatoms. The van der Waals surface area contributed by atoms with Gasteiger partial charge in [0.05, 0.1) is 11.9 Å². The second-order valence-corrected chi connectivity index (χ2v) is 4.39. The largest absolute Gasteiger partial charge is 0.261 e. The number of benzene rings is 1. The first-order valence-electron chi connectivity index (χ1n) is 4.59. The van der Waals surface area contributed by atoms with Gasteiger partial charge in [-0.25, -0.2) is 0 Å². The van der Waals surface area contributed by atoms with E-state index < -0.39 is 0 Å². The van der Waals surface area contributed by atoms with E-state index in [1.54, 1.807) is 4.41 Å². The summed E-state index contributed by atoms with van der Waals surface area (Å²) in [6.45, 7) is 2.64. The van der Waals surface area contributed by atoms with E-state index in [1.807, 2.05) is 0 Å². The molecule has 0 radical (unpaired) electrons. The van der Waals surface area contributed by atoms with Crippen LogP contribution in [0.4, 0.5) is 0 Å². The molecule has 0 aromatic heterocycles. The molecule has 1 saturated heterocycles. The first kappa shape index (κ1) is 10.2. The van der Waals surface area contributed by atoms with Gasteiger partial charge < -0.3 is 0 Å². The van der Waals surface area contributed by atoms with Crippen LogP contribution in [-0.4, -0.2) is 11.1 Å².